The average molecular weight is 251 g/mol. The summed E-state index contributed by atoms with van der Waals surface area (Å²) in [5, 5.41) is 0. The zero-order valence-electron chi connectivity index (χ0n) is 11.5. The standard InChI is InChI=1S/C18H21N/c1-18(12-13-18)19(14-16-8-4-2-5-9-16)15-17-10-6-3-7-11-17/h2-11H,12-15H2,1H3. The van der Waals surface area contributed by atoms with Crippen molar-refractivity contribution in [2.24, 2.45) is 0 Å². The number of hydrogen-bond donors (Lipinski definition) is 0. The van der Waals surface area contributed by atoms with Gasteiger partial charge in [0.2, 0.25) is 0 Å². The van der Waals surface area contributed by atoms with Gasteiger partial charge in [0, 0.05) is 18.6 Å². The summed E-state index contributed by atoms with van der Waals surface area (Å²) in [6.45, 7) is 4.48. The Bertz CT molecular complexity index is 472. The van der Waals surface area contributed by atoms with E-state index in [4.69, 9.17) is 0 Å². The highest BCUT2D eigenvalue weighted by molar-refractivity contribution is 5.19. The number of nitrogens with zero attached hydrogens (tertiary/aromatic N) is 1. The third-order valence-corrected chi connectivity index (χ3v) is 4.17. The van der Waals surface area contributed by atoms with Crippen LogP contribution >= 0.6 is 0 Å². The van der Waals surface area contributed by atoms with Crippen molar-refractivity contribution in [3.05, 3.63) is 71.8 Å². The van der Waals surface area contributed by atoms with E-state index in [1.165, 1.54) is 24.0 Å². The van der Waals surface area contributed by atoms with Gasteiger partial charge < -0.3 is 0 Å². The summed E-state index contributed by atoms with van der Waals surface area (Å²) < 4.78 is 0. The molecule has 2 aromatic carbocycles. The molecule has 0 spiro atoms. The van der Waals surface area contributed by atoms with Crippen LogP contribution in [-0.2, 0) is 13.1 Å². The van der Waals surface area contributed by atoms with Crippen LogP contribution in [0.4, 0.5) is 0 Å². The molecule has 1 nitrogen and oxygen atoms in total. The molecule has 1 heteroatoms. The molecule has 98 valence electrons. The Hall–Kier alpha value is -1.60. The van der Waals surface area contributed by atoms with Crippen molar-refractivity contribution < 1.29 is 0 Å². The molecule has 1 aliphatic carbocycles. The SMILES string of the molecule is CC1(N(Cc2ccccc2)Cc2ccccc2)CC1. The third-order valence-electron chi connectivity index (χ3n) is 4.17. The van der Waals surface area contributed by atoms with Crippen LogP contribution in [0.2, 0.25) is 0 Å². The van der Waals surface area contributed by atoms with Gasteiger partial charge in [0.15, 0.2) is 0 Å². The number of hydrogen-bond acceptors (Lipinski definition) is 1. The Morgan fingerprint density at radius 1 is 0.789 bits per heavy atom. The van der Waals surface area contributed by atoms with Crippen LogP contribution in [-0.4, -0.2) is 10.4 Å². The molecule has 0 saturated heterocycles. The summed E-state index contributed by atoms with van der Waals surface area (Å²) in [5.74, 6) is 0. The maximum atomic E-state index is 2.62. The molecule has 0 aromatic heterocycles. The molecule has 0 unspecified atom stereocenters. The molecule has 0 radical (unpaired) electrons. The van der Waals surface area contributed by atoms with E-state index in [0.717, 1.165) is 13.1 Å². The van der Waals surface area contributed by atoms with Crippen LogP contribution in [0.3, 0.4) is 0 Å². The van der Waals surface area contributed by atoms with Crippen molar-refractivity contribution in [1.29, 1.82) is 0 Å². The van der Waals surface area contributed by atoms with E-state index in [1.807, 2.05) is 0 Å². The van der Waals surface area contributed by atoms with Gasteiger partial charge in [-0.25, -0.2) is 0 Å². The molecule has 0 heterocycles. The van der Waals surface area contributed by atoms with E-state index >= 15 is 0 Å². The molecule has 19 heavy (non-hydrogen) atoms. The number of benzene rings is 2. The molecule has 0 N–H and O–H groups in total. The smallest absolute Gasteiger partial charge is 0.0242 e. The summed E-state index contributed by atoms with van der Waals surface area (Å²) in [6, 6.07) is 21.6. The third kappa shape index (κ3) is 3.05. The lowest BCUT2D eigenvalue weighted by Crippen LogP contribution is -2.33. The van der Waals surface area contributed by atoms with Gasteiger partial charge in [-0.1, -0.05) is 60.7 Å². The maximum Gasteiger partial charge on any atom is 0.0242 e. The van der Waals surface area contributed by atoms with Crippen molar-refractivity contribution in [2.75, 3.05) is 0 Å². The Morgan fingerprint density at radius 2 is 1.21 bits per heavy atom. The van der Waals surface area contributed by atoms with Crippen molar-refractivity contribution >= 4 is 0 Å². The molecule has 0 amide bonds. The fourth-order valence-electron chi connectivity index (χ4n) is 2.54. The van der Waals surface area contributed by atoms with Crippen LogP contribution in [0.5, 0.6) is 0 Å². The summed E-state index contributed by atoms with van der Waals surface area (Å²) in [5.41, 5.74) is 3.23. The second kappa shape index (κ2) is 5.18. The van der Waals surface area contributed by atoms with Crippen LogP contribution in [0.25, 0.3) is 0 Å². The van der Waals surface area contributed by atoms with E-state index in [0.29, 0.717) is 5.54 Å². The molecule has 1 aliphatic rings. The minimum absolute atomic E-state index is 0.408. The topological polar surface area (TPSA) is 3.24 Å². The van der Waals surface area contributed by atoms with E-state index in [-0.39, 0.29) is 0 Å². The Balaban J connectivity index is 1.75. The van der Waals surface area contributed by atoms with E-state index in [1.54, 1.807) is 0 Å². The first-order valence-corrected chi connectivity index (χ1v) is 7.09. The summed E-state index contributed by atoms with van der Waals surface area (Å²) in [6.07, 6.45) is 2.65. The highest BCUT2D eigenvalue weighted by atomic mass is 15.2. The Labute approximate surface area is 115 Å². The van der Waals surface area contributed by atoms with Gasteiger partial charge in [0.1, 0.15) is 0 Å². The fourth-order valence-corrected chi connectivity index (χ4v) is 2.54. The zero-order valence-corrected chi connectivity index (χ0v) is 11.5. The normalized spacial score (nSPS) is 16.5. The van der Waals surface area contributed by atoms with Crippen molar-refractivity contribution in [3.63, 3.8) is 0 Å². The van der Waals surface area contributed by atoms with Gasteiger partial charge in [0.05, 0.1) is 0 Å². The molecule has 1 saturated carbocycles. The fraction of sp³-hybridized carbons (Fsp3) is 0.333. The summed E-state index contributed by atoms with van der Waals surface area (Å²) in [7, 11) is 0. The molecule has 0 aliphatic heterocycles. The van der Waals surface area contributed by atoms with Gasteiger partial charge in [-0.3, -0.25) is 4.90 Å². The predicted molar refractivity (Wildman–Crippen MR) is 79.8 cm³/mol. The highest BCUT2D eigenvalue weighted by Gasteiger charge is 2.42. The molecular formula is C18H21N. The van der Waals surface area contributed by atoms with Crippen molar-refractivity contribution in [3.8, 4) is 0 Å². The first kappa shape index (κ1) is 12.4. The van der Waals surface area contributed by atoms with Gasteiger partial charge in [-0.05, 0) is 30.9 Å². The quantitative estimate of drug-likeness (QED) is 0.768. The molecule has 2 aromatic rings. The minimum Gasteiger partial charge on any atom is -0.289 e. The van der Waals surface area contributed by atoms with E-state index < -0.39 is 0 Å². The largest absolute Gasteiger partial charge is 0.289 e. The van der Waals surface area contributed by atoms with E-state index in [9.17, 15) is 0 Å². The lowest BCUT2D eigenvalue weighted by atomic mass is 10.1. The number of rotatable bonds is 5. The van der Waals surface area contributed by atoms with Gasteiger partial charge in [-0.15, -0.1) is 0 Å². The highest BCUT2D eigenvalue weighted by Crippen LogP contribution is 2.42. The lowest BCUT2D eigenvalue weighted by Gasteiger charge is -2.29. The monoisotopic (exact) mass is 251 g/mol. The first-order chi connectivity index (χ1) is 9.26. The van der Waals surface area contributed by atoms with Crippen molar-refractivity contribution in [1.82, 2.24) is 4.90 Å². The van der Waals surface area contributed by atoms with Gasteiger partial charge in [-0.2, -0.15) is 0 Å². The van der Waals surface area contributed by atoms with E-state index in [2.05, 4.69) is 72.5 Å². The predicted octanol–water partition coefficient (Wildman–Crippen LogP) is 4.24. The van der Waals surface area contributed by atoms with Crippen LogP contribution < -0.4 is 0 Å². The summed E-state index contributed by atoms with van der Waals surface area (Å²) in [4.78, 5) is 2.62. The van der Waals surface area contributed by atoms with Crippen molar-refractivity contribution in [2.45, 2.75) is 38.4 Å². The molecule has 1 fully saturated rings. The minimum atomic E-state index is 0.408. The molecule has 0 atom stereocenters. The second-order valence-corrected chi connectivity index (χ2v) is 5.82. The lowest BCUT2D eigenvalue weighted by molar-refractivity contribution is 0.172. The molecular weight excluding hydrogens is 230 g/mol. The maximum absolute atomic E-state index is 2.62. The van der Waals surface area contributed by atoms with Gasteiger partial charge in [0.25, 0.3) is 0 Å². The molecule has 0 bridgehead atoms. The van der Waals surface area contributed by atoms with Crippen LogP contribution in [0, 0.1) is 0 Å². The van der Waals surface area contributed by atoms with Gasteiger partial charge >= 0.3 is 0 Å². The zero-order chi connectivity index (χ0) is 13.1. The van der Waals surface area contributed by atoms with Crippen LogP contribution in [0.1, 0.15) is 30.9 Å². The van der Waals surface area contributed by atoms with Crippen LogP contribution in [0.15, 0.2) is 60.7 Å². The summed E-state index contributed by atoms with van der Waals surface area (Å²) >= 11 is 0. The first-order valence-electron chi connectivity index (χ1n) is 7.09. The average Bonchev–Trinajstić information content (AvgIpc) is 3.20. The molecule has 3 rings (SSSR count). The Morgan fingerprint density at radius 3 is 1.58 bits per heavy atom. The Kier molecular flexibility index (Phi) is 3.39. The second-order valence-electron chi connectivity index (χ2n) is 5.82.